The largest absolute Gasteiger partial charge is 0.293 e. The molecule has 0 unspecified atom stereocenters. The molecule has 2 heterocycles. The molecule has 4 nitrogen and oxygen atoms in total. The maximum absolute atomic E-state index is 12.2. The monoisotopic (exact) mass is 303 g/mol. The first kappa shape index (κ1) is 13.0. The number of hydrogen-bond acceptors (Lipinski definition) is 5. The van der Waals surface area contributed by atoms with E-state index in [-0.39, 0.29) is 17.9 Å². The number of carbonyl (C=O) groups is 1. The van der Waals surface area contributed by atoms with Crippen molar-refractivity contribution in [2.24, 2.45) is 0 Å². The van der Waals surface area contributed by atoms with E-state index >= 15 is 0 Å². The van der Waals surface area contributed by atoms with Crippen LogP contribution >= 0.6 is 22.7 Å². The topological polar surface area (TPSA) is 60.2 Å². The normalized spacial score (nSPS) is 10.8. The summed E-state index contributed by atoms with van der Waals surface area (Å²) in [4.78, 5) is 23.0. The van der Waals surface area contributed by atoms with Gasteiger partial charge < -0.3 is 0 Å². The summed E-state index contributed by atoms with van der Waals surface area (Å²) < 4.78 is 2.25. The number of nitro groups is 1. The summed E-state index contributed by atoms with van der Waals surface area (Å²) in [6.45, 7) is 0. The van der Waals surface area contributed by atoms with E-state index in [1.807, 2.05) is 17.5 Å². The number of carbonyl (C=O) groups excluding carboxylic acids is 1. The van der Waals surface area contributed by atoms with Crippen LogP contribution in [-0.2, 0) is 6.42 Å². The van der Waals surface area contributed by atoms with E-state index in [2.05, 4.69) is 0 Å². The molecule has 0 fully saturated rings. The van der Waals surface area contributed by atoms with Crippen LogP contribution in [0.2, 0.25) is 0 Å². The van der Waals surface area contributed by atoms with Crippen molar-refractivity contribution in [3.8, 4) is 0 Å². The van der Waals surface area contributed by atoms with E-state index in [1.165, 1.54) is 23.5 Å². The molecule has 0 aliphatic rings. The summed E-state index contributed by atoms with van der Waals surface area (Å²) >= 11 is 3.11. The summed E-state index contributed by atoms with van der Waals surface area (Å²) in [5.74, 6) is 0.0484. The van der Waals surface area contributed by atoms with Gasteiger partial charge in [-0.05, 0) is 23.1 Å². The first-order chi connectivity index (χ1) is 9.63. The second-order valence-electron chi connectivity index (χ2n) is 4.28. The van der Waals surface area contributed by atoms with Gasteiger partial charge >= 0.3 is 0 Å². The fourth-order valence-electron chi connectivity index (χ4n) is 1.91. The summed E-state index contributed by atoms with van der Waals surface area (Å²) in [5.41, 5.74) is 0.829. The SMILES string of the molecule is O=C(Cc1ccc([N+](=O)[O-])cc1)c1cc2sccc2s1. The average Bonchev–Trinajstić information content (AvgIpc) is 2.99. The Labute approximate surface area is 122 Å². The molecule has 3 rings (SSSR count). The number of non-ortho nitro benzene ring substituents is 1. The van der Waals surface area contributed by atoms with Crippen molar-refractivity contribution in [1.82, 2.24) is 0 Å². The minimum Gasteiger partial charge on any atom is -0.293 e. The smallest absolute Gasteiger partial charge is 0.269 e. The molecule has 0 atom stereocenters. The highest BCUT2D eigenvalue weighted by Crippen LogP contribution is 2.30. The van der Waals surface area contributed by atoms with Crippen LogP contribution in [0.1, 0.15) is 15.2 Å². The average molecular weight is 303 g/mol. The fourth-order valence-corrected chi connectivity index (χ4v) is 3.96. The van der Waals surface area contributed by atoms with Crippen molar-refractivity contribution in [3.63, 3.8) is 0 Å². The molecule has 2 aromatic heterocycles. The number of Topliss-reactive ketones (excluding diaryl/α,β-unsaturated/α-hetero) is 1. The van der Waals surface area contributed by atoms with Crippen LogP contribution in [0.15, 0.2) is 41.8 Å². The Balaban J connectivity index is 1.78. The van der Waals surface area contributed by atoms with Gasteiger partial charge in [-0.15, -0.1) is 22.7 Å². The molecule has 0 saturated heterocycles. The third-order valence-electron chi connectivity index (χ3n) is 2.93. The van der Waals surface area contributed by atoms with Gasteiger partial charge in [-0.3, -0.25) is 14.9 Å². The highest BCUT2D eigenvalue weighted by atomic mass is 32.1. The van der Waals surface area contributed by atoms with Crippen LogP contribution in [0.5, 0.6) is 0 Å². The van der Waals surface area contributed by atoms with Gasteiger partial charge in [-0.1, -0.05) is 12.1 Å². The number of nitro benzene ring substituents is 1. The van der Waals surface area contributed by atoms with E-state index in [9.17, 15) is 14.9 Å². The molecule has 0 spiro atoms. The van der Waals surface area contributed by atoms with Crippen LogP contribution in [0.4, 0.5) is 5.69 Å². The van der Waals surface area contributed by atoms with Crippen LogP contribution < -0.4 is 0 Å². The lowest BCUT2D eigenvalue weighted by Crippen LogP contribution is -2.01. The van der Waals surface area contributed by atoms with Gasteiger partial charge in [0.25, 0.3) is 5.69 Å². The fraction of sp³-hybridized carbons (Fsp3) is 0.0714. The third-order valence-corrected chi connectivity index (χ3v) is 5.06. The first-order valence-corrected chi connectivity index (χ1v) is 7.56. The Morgan fingerprint density at radius 2 is 1.90 bits per heavy atom. The third kappa shape index (κ3) is 2.48. The number of rotatable bonds is 4. The molecule has 0 aliphatic carbocycles. The van der Waals surface area contributed by atoms with Gasteiger partial charge in [-0.25, -0.2) is 0 Å². The van der Waals surface area contributed by atoms with Gasteiger partial charge in [0.1, 0.15) is 0 Å². The van der Waals surface area contributed by atoms with Crippen molar-refractivity contribution in [1.29, 1.82) is 0 Å². The van der Waals surface area contributed by atoms with Crippen molar-refractivity contribution in [3.05, 3.63) is 62.3 Å². The second kappa shape index (κ2) is 5.15. The van der Waals surface area contributed by atoms with Gasteiger partial charge in [0.15, 0.2) is 5.78 Å². The molecule has 0 radical (unpaired) electrons. The molecular weight excluding hydrogens is 294 g/mol. The number of nitrogens with zero attached hydrogens (tertiary/aromatic N) is 1. The Morgan fingerprint density at radius 1 is 1.15 bits per heavy atom. The zero-order chi connectivity index (χ0) is 14.1. The molecule has 1 aromatic carbocycles. The number of fused-ring (bicyclic) bond motifs is 1. The summed E-state index contributed by atoms with van der Waals surface area (Å²) in [6, 6.07) is 10.0. The first-order valence-electron chi connectivity index (χ1n) is 5.87. The lowest BCUT2D eigenvalue weighted by atomic mass is 10.1. The molecule has 0 saturated carbocycles. The lowest BCUT2D eigenvalue weighted by Gasteiger charge is -1.99. The zero-order valence-electron chi connectivity index (χ0n) is 10.2. The maximum atomic E-state index is 12.2. The summed E-state index contributed by atoms with van der Waals surface area (Å²) in [7, 11) is 0. The van der Waals surface area contributed by atoms with Gasteiger partial charge in [0.2, 0.25) is 0 Å². The van der Waals surface area contributed by atoms with Crippen molar-refractivity contribution in [2.45, 2.75) is 6.42 Å². The van der Waals surface area contributed by atoms with Crippen molar-refractivity contribution >= 4 is 43.5 Å². The molecule has 6 heteroatoms. The Bertz CT molecular complexity index is 758. The number of benzene rings is 1. The molecule has 20 heavy (non-hydrogen) atoms. The van der Waals surface area contributed by atoms with E-state index < -0.39 is 4.92 Å². The minimum atomic E-state index is -0.445. The number of hydrogen-bond donors (Lipinski definition) is 0. The van der Waals surface area contributed by atoms with Crippen LogP contribution in [0, 0.1) is 10.1 Å². The van der Waals surface area contributed by atoms with E-state index in [4.69, 9.17) is 0 Å². The molecule has 0 amide bonds. The Kier molecular flexibility index (Phi) is 3.33. The highest BCUT2D eigenvalue weighted by molar-refractivity contribution is 7.27. The molecule has 3 aromatic rings. The highest BCUT2D eigenvalue weighted by Gasteiger charge is 2.12. The predicted molar refractivity (Wildman–Crippen MR) is 80.8 cm³/mol. The van der Waals surface area contributed by atoms with Gasteiger partial charge in [0.05, 0.1) is 9.80 Å². The minimum absolute atomic E-state index is 0.0397. The Morgan fingerprint density at radius 3 is 2.55 bits per heavy atom. The van der Waals surface area contributed by atoms with Crippen molar-refractivity contribution in [2.75, 3.05) is 0 Å². The van der Waals surface area contributed by atoms with E-state index in [0.29, 0.717) is 0 Å². The molecule has 0 aliphatic heterocycles. The van der Waals surface area contributed by atoms with E-state index in [1.54, 1.807) is 23.5 Å². The van der Waals surface area contributed by atoms with Crippen molar-refractivity contribution < 1.29 is 9.72 Å². The summed E-state index contributed by atoms with van der Waals surface area (Å²) in [6.07, 6.45) is 0.270. The van der Waals surface area contributed by atoms with E-state index in [0.717, 1.165) is 19.8 Å². The van der Waals surface area contributed by atoms with Gasteiger partial charge in [0, 0.05) is 28.0 Å². The predicted octanol–water partition coefficient (Wildman–Crippen LogP) is 4.30. The molecule has 0 N–H and O–H groups in total. The molecule has 100 valence electrons. The second-order valence-corrected chi connectivity index (χ2v) is 6.31. The van der Waals surface area contributed by atoms with Crippen LogP contribution in [-0.4, -0.2) is 10.7 Å². The molecular formula is C14H9NO3S2. The number of thiophene rings is 2. The van der Waals surface area contributed by atoms with Crippen LogP contribution in [0.3, 0.4) is 0 Å². The lowest BCUT2D eigenvalue weighted by molar-refractivity contribution is -0.384. The zero-order valence-corrected chi connectivity index (χ0v) is 11.9. The van der Waals surface area contributed by atoms with Crippen LogP contribution in [0.25, 0.3) is 9.40 Å². The summed E-state index contributed by atoms with van der Waals surface area (Å²) in [5, 5.41) is 12.6. The molecule has 0 bridgehead atoms. The van der Waals surface area contributed by atoms with Gasteiger partial charge in [-0.2, -0.15) is 0 Å². The number of ketones is 1. The quantitative estimate of drug-likeness (QED) is 0.410. The maximum Gasteiger partial charge on any atom is 0.269 e. The standard InChI is InChI=1S/C14H9NO3S2/c16-11(13-8-14-12(20-13)5-6-19-14)7-9-1-3-10(4-2-9)15(17)18/h1-6,8H,7H2. The Hall–Kier alpha value is -2.05.